The minimum absolute atomic E-state index is 0.131. The Labute approximate surface area is 99.7 Å². The molecular formula is C12H15NO4. The van der Waals surface area contributed by atoms with E-state index in [2.05, 4.69) is 5.32 Å². The van der Waals surface area contributed by atoms with Gasteiger partial charge in [-0.25, -0.2) is 0 Å². The molecule has 1 N–H and O–H groups in total. The molecule has 1 rings (SSSR count). The fraction of sp³-hybridized carbons (Fsp3) is 0.333. The average molecular weight is 237 g/mol. The van der Waals surface area contributed by atoms with E-state index in [0.717, 1.165) is 5.56 Å². The summed E-state index contributed by atoms with van der Waals surface area (Å²) in [6.07, 6.45) is 0. The first-order valence-electron chi connectivity index (χ1n) is 5.11. The second-order valence-corrected chi connectivity index (χ2v) is 3.39. The molecule has 0 atom stereocenters. The van der Waals surface area contributed by atoms with E-state index >= 15 is 0 Å². The van der Waals surface area contributed by atoms with Crippen molar-refractivity contribution >= 4 is 11.9 Å². The number of hydrogen-bond donors (Lipinski definition) is 1. The zero-order chi connectivity index (χ0) is 12.8. The zero-order valence-corrected chi connectivity index (χ0v) is 10.1. The third-order valence-electron chi connectivity index (χ3n) is 2.21. The summed E-state index contributed by atoms with van der Waals surface area (Å²) >= 11 is 0. The first kappa shape index (κ1) is 13.0. The molecule has 0 aromatic heterocycles. The third kappa shape index (κ3) is 3.48. The van der Waals surface area contributed by atoms with Gasteiger partial charge in [0.2, 0.25) is 0 Å². The molecule has 0 aliphatic heterocycles. The van der Waals surface area contributed by atoms with Gasteiger partial charge in [-0.1, -0.05) is 6.07 Å². The second-order valence-electron chi connectivity index (χ2n) is 3.39. The Balaban J connectivity index is 2.93. The summed E-state index contributed by atoms with van der Waals surface area (Å²) < 4.78 is 10.0. The van der Waals surface area contributed by atoms with Crippen molar-refractivity contribution < 1.29 is 19.1 Å². The lowest BCUT2D eigenvalue weighted by molar-refractivity contribution is -0.142. The van der Waals surface area contributed by atoms with E-state index in [1.807, 2.05) is 0 Å². The van der Waals surface area contributed by atoms with Crippen molar-refractivity contribution in [2.45, 2.75) is 13.5 Å². The summed E-state index contributed by atoms with van der Waals surface area (Å²) in [7, 11) is 3.06. The number of esters is 1. The molecule has 0 radical (unpaired) electrons. The molecule has 0 heterocycles. The van der Waals surface area contributed by atoms with Crippen molar-refractivity contribution in [1.29, 1.82) is 0 Å². The lowest BCUT2D eigenvalue weighted by atomic mass is 10.1. The molecule has 1 amide bonds. The number of methoxy groups -OCH3 is 1. The van der Waals surface area contributed by atoms with E-state index in [-0.39, 0.29) is 18.5 Å². The Hall–Kier alpha value is -2.04. The molecule has 0 unspecified atom stereocenters. The summed E-state index contributed by atoms with van der Waals surface area (Å²) in [5.41, 5.74) is 1.21. The van der Waals surface area contributed by atoms with Crippen LogP contribution in [0.25, 0.3) is 0 Å². The van der Waals surface area contributed by atoms with E-state index in [9.17, 15) is 9.59 Å². The molecule has 0 fully saturated rings. The fourth-order valence-electron chi connectivity index (χ4n) is 1.33. The molecule has 0 bridgehead atoms. The number of nitrogens with one attached hydrogen (secondary N) is 1. The molecule has 5 heteroatoms. The highest BCUT2D eigenvalue weighted by molar-refractivity contribution is 5.94. The Morgan fingerprint density at radius 2 is 2.06 bits per heavy atom. The molecular weight excluding hydrogens is 222 g/mol. The summed E-state index contributed by atoms with van der Waals surface area (Å²) in [4.78, 5) is 22.1. The van der Waals surface area contributed by atoms with E-state index in [4.69, 9.17) is 9.47 Å². The summed E-state index contributed by atoms with van der Waals surface area (Å²) in [5.74, 6) is -0.0304. The standard InChI is InChI=1S/C12H15NO4/c1-8(14)17-7-10-5-4-9(12(15)13-2)6-11(10)16-3/h4-6H,7H2,1-3H3,(H,13,15). The minimum Gasteiger partial charge on any atom is -0.496 e. The lowest BCUT2D eigenvalue weighted by Crippen LogP contribution is -2.17. The first-order chi connectivity index (χ1) is 8.08. The number of benzene rings is 1. The van der Waals surface area contributed by atoms with E-state index in [0.29, 0.717) is 11.3 Å². The van der Waals surface area contributed by atoms with Crippen LogP contribution in [0.2, 0.25) is 0 Å². The maximum atomic E-state index is 11.4. The first-order valence-corrected chi connectivity index (χ1v) is 5.11. The average Bonchev–Trinajstić information content (AvgIpc) is 2.34. The van der Waals surface area contributed by atoms with Gasteiger partial charge in [0.15, 0.2) is 0 Å². The number of carbonyl (C=O) groups excluding carboxylic acids is 2. The van der Waals surface area contributed by atoms with Crippen molar-refractivity contribution in [2.75, 3.05) is 14.2 Å². The summed E-state index contributed by atoms with van der Waals surface area (Å²) in [5, 5.41) is 2.52. The van der Waals surface area contributed by atoms with Gasteiger partial charge < -0.3 is 14.8 Å². The molecule has 1 aromatic rings. The minimum atomic E-state index is -0.359. The zero-order valence-electron chi connectivity index (χ0n) is 10.1. The molecule has 1 aromatic carbocycles. The smallest absolute Gasteiger partial charge is 0.302 e. The van der Waals surface area contributed by atoms with Gasteiger partial charge in [0.25, 0.3) is 5.91 Å². The Morgan fingerprint density at radius 3 is 2.59 bits per heavy atom. The van der Waals surface area contributed by atoms with Crippen LogP contribution in [0.5, 0.6) is 5.75 Å². The van der Waals surface area contributed by atoms with Crippen molar-refractivity contribution in [2.24, 2.45) is 0 Å². The predicted molar refractivity (Wildman–Crippen MR) is 61.9 cm³/mol. The maximum Gasteiger partial charge on any atom is 0.302 e. The highest BCUT2D eigenvalue weighted by Gasteiger charge is 2.09. The summed E-state index contributed by atoms with van der Waals surface area (Å²) in [6, 6.07) is 4.96. The third-order valence-corrected chi connectivity index (χ3v) is 2.21. The SMILES string of the molecule is CNC(=O)c1ccc(COC(C)=O)c(OC)c1. The van der Waals surface area contributed by atoms with E-state index in [1.54, 1.807) is 25.2 Å². The highest BCUT2D eigenvalue weighted by atomic mass is 16.5. The number of hydrogen-bond acceptors (Lipinski definition) is 4. The largest absolute Gasteiger partial charge is 0.496 e. The van der Waals surface area contributed by atoms with Crippen LogP contribution < -0.4 is 10.1 Å². The van der Waals surface area contributed by atoms with Crippen molar-refractivity contribution in [3.63, 3.8) is 0 Å². The molecule has 0 saturated heterocycles. The van der Waals surface area contributed by atoms with Crippen molar-refractivity contribution in [1.82, 2.24) is 5.32 Å². The van der Waals surface area contributed by atoms with Gasteiger partial charge in [-0.2, -0.15) is 0 Å². The summed E-state index contributed by atoms with van der Waals surface area (Å²) in [6.45, 7) is 1.47. The van der Waals surface area contributed by atoms with Gasteiger partial charge in [0.1, 0.15) is 12.4 Å². The van der Waals surface area contributed by atoms with Crippen LogP contribution in [0.15, 0.2) is 18.2 Å². The van der Waals surface area contributed by atoms with Crippen LogP contribution in [0.1, 0.15) is 22.8 Å². The Kier molecular flexibility index (Phi) is 4.51. The van der Waals surface area contributed by atoms with Gasteiger partial charge in [0.05, 0.1) is 7.11 Å². The number of rotatable bonds is 4. The Morgan fingerprint density at radius 1 is 1.35 bits per heavy atom. The van der Waals surface area contributed by atoms with E-state index in [1.165, 1.54) is 14.0 Å². The number of amides is 1. The topological polar surface area (TPSA) is 64.6 Å². The molecule has 0 spiro atoms. The van der Waals surface area contributed by atoms with Gasteiger partial charge in [-0.3, -0.25) is 9.59 Å². The highest BCUT2D eigenvalue weighted by Crippen LogP contribution is 2.21. The molecule has 0 saturated carbocycles. The monoisotopic (exact) mass is 237 g/mol. The molecule has 5 nitrogen and oxygen atoms in total. The van der Waals surface area contributed by atoms with Crippen LogP contribution in [0.3, 0.4) is 0 Å². The normalized spacial score (nSPS) is 9.59. The second kappa shape index (κ2) is 5.89. The van der Waals surface area contributed by atoms with Crippen molar-refractivity contribution in [3.05, 3.63) is 29.3 Å². The lowest BCUT2D eigenvalue weighted by Gasteiger charge is -2.10. The van der Waals surface area contributed by atoms with Gasteiger partial charge in [-0.05, 0) is 12.1 Å². The van der Waals surface area contributed by atoms with Crippen LogP contribution in [-0.4, -0.2) is 26.0 Å². The van der Waals surface area contributed by atoms with E-state index < -0.39 is 0 Å². The van der Waals surface area contributed by atoms with Gasteiger partial charge in [0, 0.05) is 25.1 Å². The predicted octanol–water partition coefficient (Wildman–Crippen LogP) is 1.12. The molecule has 17 heavy (non-hydrogen) atoms. The van der Waals surface area contributed by atoms with Crippen LogP contribution in [0.4, 0.5) is 0 Å². The van der Waals surface area contributed by atoms with Crippen LogP contribution in [0, 0.1) is 0 Å². The fourth-order valence-corrected chi connectivity index (χ4v) is 1.33. The molecule has 0 aliphatic rings. The Bertz CT molecular complexity index is 429. The van der Waals surface area contributed by atoms with Crippen LogP contribution >= 0.6 is 0 Å². The molecule has 92 valence electrons. The maximum absolute atomic E-state index is 11.4. The van der Waals surface area contributed by atoms with Crippen molar-refractivity contribution in [3.8, 4) is 5.75 Å². The van der Waals surface area contributed by atoms with Crippen LogP contribution in [-0.2, 0) is 16.1 Å². The molecule has 0 aliphatic carbocycles. The quantitative estimate of drug-likeness (QED) is 0.797. The van der Waals surface area contributed by atoms with Gasteiger partial charge in [-0.15, -0.1) is 0 Å². The number of carbonyl (C=O) groups is 2. The number of ether oxygens (including phenoxy) is 2. The van der Waals surface area contributed by atoms with Gasteiger partial charge >= 0.3 is 5.97 Å².